The van der Waals surface area contributed by atoms with Crippen LogP contribution in [0.3, 0.4) is 0 Å². The van der Waals surface area contributed by atoms with Gasteiger partial charge in [-0.25, -0.2) is 17.1 Å². The minimum atomic E-state index is -3.79. The van der Waals surface area contributed by atoms with Gasteiger partial charge < -0.3 is 0 Å². The van der Waals surface area contributed by atoms with Crippen molar-refractivity contribution < 1.29 is 17.6 Å². The molecule has 0 atom stereocenters. The maximum atomic E-state index is 12.9. The molecule has 0 saturated carbocycles. The summed E-state index contributed by atoms with van der Waals surface area (Å²) < 4.78 is 37.6. The Hall–Kier alpha value is -1.43. The second-order valence-electron chi connectivity index (χ2n) is 3.84. The van der Waals surface area contributed by atoms with Crippen LogP contribution in [0.5, 0.6) is 0 Å². The fraction of sp³-hybridized carbons (Fsp3) is 0.300. The Labute approximate surface area is 92.7 Å². The van der Waals surface area contributed by atoms with E-state index in [1.54, 1.807) is 13.8 Å². The SMILES string of the molecule is CC(C)N1C(=O)c2cc(F)ccc2S1(=O)=O. The van der Waals surface area contributed by atoms with Crippen LogP contribution in [-0.2, 0) is 10.0 Å². The third-order valence-corrected chi connectivity index (χ3v) is 4.40. The van der Waals surface area contributed by atoms with Gasteiger partial charge in [0.15, 0.2) is 0 Å². The zero-order chi connectivity index (χ0) is 12.1. The molecule has 1 aliphatic heterocycles. The highest BCUT2D eigenvalue weighted by Crippen LogP contribution is 2.31. The van der Waals surface area contributed by atoms with Crippen molar-refractivity contribution >= 4 is 15.9 Å². The van der Waals surface area contributed by atoms with E-state index in [1.165, 1.54) is 0 Å². The van der Waals surface area contributed by atoms with Crippen LogP contribution in [0.4, 0.5) is 4.39 Å². The molecule has 1 amide bonds. The summed E-state index contributed by atoms with van der Waals surface area (Å²) in [5.41, 5.74) is -0.0892. The molecule has 1 aromatic carbocycles. The third kappa shape index (κ3) is 1.33. The first-order valence-corrected chi connectivity index (χ1v) is 6.18. The Morgan fingerprint density at radius 3 is 2.50 bits per heavy atom. The van der Waals surface area contributed by atoms with Crippen molar-refractivity contribution in [3.63, 3.8) is 0 Å². The molecule has 4 nitrogen and oxygen atoms in total. The molecule has 0 aliphatic carbocycles. The second-order valence-corrected chi connectivity index (χ2v) is 5.62. The molecular formula is C10H10FNO3S. The van der Waals surface area contributed by atoms with Crippen LogP contribution in [0, 0.1) is 5.82 Å². The normalized spacial score (nSPS) is 18.0. The van der Waals surface area contributed by atoms with Crippen molar-refractivity contribution in [1.82, 2.24) is 4.31 Å². The van der Waals surface area contributed by atoms with Crippen LogP contribution in [0.2, 0.25) is 0 Å². The Balaban J connectivity index is 2.72. The smallest absolute Gasteiger partial charge is 0.268 e. The van der Waals surface area contributed by atoms with Gasteiger partial charge >= 0.3 is 0 Å². The molecule has 1 heterocycles. The van der Waals surface area contributed by atoms with E-state index in [9.17, 15) is 17.6 Å². The summed E-state index contributed by atoms with van der Waals surface area (Å²) in [6.45, 7) is 3.19. The molecule has 16 heavy (non-hydrogen) atoms. The number of carbonyl (C=O) groups excluding carboxylic acids is 1. The number of fused-ring (bicyclic) bond motifs is 1. The number of benzene rings is 1. The van der Waals surface area contributed by atoms with Crippen LogP contribution < -0.4 is 0 Å². The predicted molar refractivity (Wildman–Crippen MR) is 54.9 cm³/mol. The molecular weight excluding hydrogens is 233 g/mol. The molecule has 2 rings (SSSR count). The average Bonchev–Trinajstić information content (AvgIpc) is 2.34. The van der Waals surface area contributed by atoms with Crippen LogP contribution in [-0.4, -0.2) is 24.7 Å². The van der Waals surface area contributed by atoms with Crippen molar-refractivity contribution in [2.24, 2.45) is 0 Å². The van der Waals surface area contributed by atoms with Gasteiger partial charge in [0.1, 0.15) is 10.7 Å². The highest BCUT2D eigenvalue weighted by molar-refractivity contribution is 7.90. The lowest BCUT2D eigenvalue weighted by Gasteiger charge is -2.18. The van der Waals surface area contributed by atoms with Gasteiger partial charge in [-0.3, -0.25) is 4.79 Å². The van der Waals surface area contributed by atoms with E-state index >= 15 is 0 Å². The van der Waals surface area contributed by atoms with Crippen molar-refractivity contribution in [3.05, 3.63) is 29.6 Å². The molecule has 1 aliphatic rings. The molecule has 0 saturated heterocycles. The Bertz CT molecular complexity index is 565. The summed E-state index contributed by atoms with van der Waals surface area (Å²) in [5.74, 6) is -1.28. The van der Waals surface area contributed by atoms with Crippen LogP contribution in [0.25, 0.3) is 0 Å². The lowest BCUT2D eigenvalue weighted by molar-refractivity contribution is 0.0846. The topological polar surface area (TPSA) is 54.5 Å². The quantitative estimate of drug-likeness (QED) is 0.748. The van der Waals surface area contributed by atoms with E-state index in [-0.39, 0.29) is 10.5 Å². The average molecular weight is 243 g/mol. The number of carbonyl (C=O) groups is 1. The van der Waals surface area contributed by atoms with E-state index in [0.717, 1.165) is 22.5 Å². The molecule has 0 spiro atoms. The van der Waals surface area contributed by atoms with Crippen molar-refractivity contribution in [1.29, 1.82) is 0 Å². The second kappa shape index (κ2) is 3.28. The minimum absolute atomic E-state index is 0.0892. The fourth-order valence-electron chi connectivity index (χ4n) is 1.74. The first-order valence-electron chi connectivity index (χ1n) is 4.74. The van der Waals surface area contributed by atoms with E-state index in [2.05, 4.69) is 0 Å². The minimum Gasteiger partial charge on any atom is -0.268 e. The third-order valence-electron chi connectivity index (χ3n) is 2.38. The number of sulfonamides is 1. The van der Waals surface area contributed by atoms with E-state index < -0.39 is 27.8 Å². The van der Waals surface area contributed by atoms with E-state index in [1.807, 2.05) is 0 Å². The summed E-state index contributed by atoms with van der Waals surface area (Å²) in [6.07, 6.45) is 0. The molecule has 0 aromatic heterocycles. The summed E-state index contributed by atoms with van der Waals surface area (Å²) in [6, 6.07) is 2.64. The summed E-state index contributed by atoms with van der Waals surface area (Å²) in [4.78, 5) is 11.7. The summed E-state index contributed by atoms with van der Waals surface area (Å²) >= 11 is 0. The van der Waals surface area contributed by atoms with Crippen LogP contribution in [0.15, 0.2) is 23.1 Å². The molecule has 86 valence electrons. The number of halogens is 1. The summed E-state index contributed by atoms with van der Waals surface area (Å²) in [7, 11) is -3.79. The van der Waals surface area contributed by atoms with Gasteiger partial charge in [0.25, 0.3) is 15.9 Å². The zero-order valence-corrected chi connectivity index (χ0v) is 9.58. The highest BCUT2D eigenvalue weighted by atomic mass is 32.2. The zero-order valence-electron chi connectivity index (χ0n) is 8.77. The van der Waals surface area contributed by atoms with Crippen molar-refractivity contribution in [3.8, 4) is 0 Å². The number of amides is 1. The number of nitrogens with zero attached hydrogens (tertiary/aromatic N) is 1. The lowest BCUT2D eigenvalue weighted by atomic mass is 10.2. The maximum Gasteiger partial charge on any atom is 0.269 e. The first kappa shape index (κ1) is 11.1. The Morgan fingerprint density at radius 2 is 1.94 bits per heavy atom. The molecule has 6 heteroatoms. The number of hydrogen-bond donors (Lipinski definition) is 0. The van der Waals surface area contributed by atoms with E-state index in [0.29, 0.717) is 0 Å². The van der Waals surface area contributed by atoms with Crippen molar-refractivity contribution in [2.75, 3.05) is 0 Å². The maximum absolute atomic E-state index is 12.9. The molecule has 0 bridgehead atoms. The Morgan fingerprint density at radius 1 is 1.31 bits per heavy atom. The molecule has 1 aromatic rings. The van der Waals surface area contributed by atoms with Gasteiger partial charge in [-0.15, -0.1) is 0 Å². The fourth-order valence-corrected chi connectivity index (χ4v) is 3.49. The largest absolute Gasteiger partial charge is 0.269 e. The molecule has 0 N–H and O–H groups in total. The predicted octanol–water partition coefficient (Wildman–Crippen LogP) is 1.38. The molecule has 0 fully saturated rings. The summed E-state index contributed by atoms with van der Waals surface area (Å²) in [5, 5.41) is 0. The van der Waals surface area contributed by atoms with Crippen LogP contribution >= 0.6 is 0 Å². The van der Waals surface area contributed by atoms with Crippen LogP contribution in [0.1, 0.15) is 24.2 Å². The van der Waals surface area contributed by atoms with Gasteiger partial charge in [0, 0.05) is 6.04 Å². The standard InChI is InChI=1S/C10H10FNO3S/c1-6(2)12-10(13)8-5-7(11)3-4-9(8)16(12,14)15/h3-6H,1-2H3. The van der Waals surface area contributed by atoms with Gasteiger partial charge in [0.05, 0.1) is 5.56 Å². The molecule has 0 radical (unpaired) electrons. The van der Waals surface area contributed by atoms with Gasteiger partial charge in [0.2, 0.25) is 0 Å². The lowest BCUT2D eigenvalue weighted by Crippen LogP contribution is -2.36. The van der Waals surface area contributed by atoms with Gasteiger partial charge in [-0.05, 0) is 32.0 Å². The monoisotopic (exact) mass is 243 g/mol. The van der Waals surface area contributed by atoms with Gasteiger partial charge in [-0.1, -0.05) is 0 Å². The van der Waals surface area contributed by atoms with E-state index in [4.69, 9.17) is 0 Å². The molecule has 0 unspecified atom stereocenters. The highest BCUT2D eigenvalue weighted by Gasteiger charge is 2.42. The first-order chi connectivity index (χ1) is 7.35. The van der Waals surface area contributed by atoms with Crippen molar-refractivity contribution in [2.45, 2.75) is 24.8 Å². The number of hydrogen-bond acceptors (Lipinski definition) is 3. The Kier molecular flexibility index (Phi) is 2.27. The van der Waals surface area contributed by atoms with Gasteiger partial charge in [-0.2, -0.15) is 0 Å². The number of rotatable bonds is 1.